The van der Waals surface area contributed by atoms with Crippen molar-refractivity contribution < 1.29 is 17.9 Å². The van der Waals surface area contributed by atoms with Crippen molar-refractivity contribution in [2.45, 2.75) is 31.7 Å². The number of cyclic esters (lactones) is 1. The molecule has 2 saturated heterocycles. The normalized spacial score (nSPS) is 35.2. The van der Waals surface area contributed by atoms with E-state index in [1.54, 1.807) is 0 Å². The first-order valence-electron chi connectivity index (χ1n) is 5.57. The highest BCUT2D eigenvalue weighted by Gasteiger charge is 2.41. The summed E-state index contributed by atoms with van der Waals surface area (Å²) in [5, 5.41) is 2.83. The zero-order chi connectivity index (χ0) is 11.8. The molecule has 0 aliphatic carbocycles. The molecule has 2 aliphatic rings. The van der Waals surface area contributed by atoms with Gasteiger partial charge >= 0.3 is 6.09 Å². The molecule has 16 heavy (non-hydrogen) atoms. The van der Waals surface area contributed by atoms with Gasteiger partial charge in [-0.1, -0.05) is 0 Å². The van der Waals surface area contributed by atoms with Crippen LogP contribution in [0.15, 0.2) is 0 Å². The van der Waals surface area contributed by atoms with Crippen LogP contribution in [0, 0.1) is 5.92 Å². The monoisotopic (exact) mass is 247 g/mol. The SMILES string of the molecule is CC1(C2CCS(=O)(=O)CC2)CCOC(=O)N1. The van der Waals surface area contributed by atoms with Gasteiger partial charge in [-0.3, -0.25) is 0 Å². The van der Waals surface area contributed by atoms with Gasteiger partial charge in [-0.05, 0) is 25.7 Å². The quantitative estimate of drug-likeness (QED) is 0.740. The van der Waals surface area contributed by atoms with Crippen molar-refractivity contribution in [2.75, 3.05) is 18.1 Å². The van der Waals surface area contributed by atoms with Crippen molar-refractivity contribution in [3.8, 4) is 0 Å². The van der Waals surface area contributed by atoms with Crippen LogP contribution < -0.4 is 5.32 Å². The first kappa shape index (κ1) is 11.7. The number of amides is 1. The molecule has 1 N–H and O–H groups in total. The molecule has 0 aromatic carbocycles. The Balaban J connectivity index is 2.05. The molecule has 5 nitrogen and oxygen atoms in total. The van der Waals surface area contributed by atoms with Crippen LogP contribution in [0.4, 0.5) is 4.79 Å². The van der Waals surface area contributed by atoms with Crippen molar-refractivity contribution in [2.24, 2.45) is 5.92 Å². The number of ether oxygens (including phenoxy) is 1. The maximum Gasteiger partial charge on any atom is 0.407 e. The fourth-order valence-electron chi connectivity index (χ4n) is 2.52. The minimum Gasteiger partial charge on any atom is -0.449 e. The Morgan fingerprint density at radius 3 is 2.56 bits per heavy atom. The highest BCUT2D eigenvalue weighted by Crippen LogP contribution is 2.33. The molecule has 1 unspecified atom stereocenters. The van der Waals surface area contributed by atoms with E-state index >= 15 is 0 Å². The summed E-state index contributed by atoms with van der Waals surface area (Å²) < 4.78 is 27.5. The van der Waals surface area contributed by atoms with Gasteiger partial charge in [0.15, 0.2) is 0 Å². The fraction of sp³-hybridized carbons (Fsp3) is 0.900. The van der Waals surface area contributed by atoms with Gasteiger partial charge in [0.05, 0.1) is 18.1 Å². The highest BCUT2D eigenvalue weighted by molar-refractivity contribution is 7.91. The van der Waals surface area contributed by atoms with Crippen molar-refractivity contribution in [3.63, 3.8) is 0 Å². The smallest absolute Gasteiger partial charge is 0.407 e. The summed E-state index contributed by atoms with van der Waals surface area (Å²) in [7, 11) is -2.84. The Bertz CT molecular complexity index is 378. The molecule has 0 radical (unpaired) electrons. The van der Waals surface area contributed by atoms with Gasteiger partial charge in [0.2, 0.25) is 0 Å². The lowest BCUT2D eigenvalue weighted by atomic mass is 9.79. The first-order chi connectivity index (χ1) is 7.41. The van der Waals surface area contributed by atoms with E-state index in [4.69, 9.17) is 4.74 Å². The number of hydrogen-bond acceptors (Lipinski definition) is 4. The summed E-state index contributed by atoms with van der Waals surface area (Å²) in [6.07, 6.45) is 1.64. The summed E-state index contributed by atoms with van der Waals surface area (Å²) >= 11 is 0. The molecule has 6 heteroatoms. The van der Waals surface area contributed by atoms with Crippen molar-refractivity contribution in [3.05, 3.63) is 0 Å². The minimum absolute atomic E-state index is 0.240. The van der Waals surface area contributed by atoms with Gasteiger partial charge in [0.25, 0.3) is 0 Å². The molecule has 2 rings (SSSR count). The van der Waals surface area contributed by atoms with Crippen LogP contribution in [-0.4, -0.2) is 38.2 Å². The number of hydrogen-bond donors (Lipinski definition) is 1. The lowest BCUT2D eigenvalue weighted by molar-refractivity contribution is 0.0670. The van der Waals surface area contributed by atoms with Crippen LogP contribution >= 0.6 is 0 Å². The highest BCUT2D eigenvalue weighted by atomic mass is 32.2. The Morgan fingerprint density at radius 2 is 2.00 bits per heavy atom. The summed E-state index contributed by atoms with van der Waals surface area (Å²) in [5.41, 5.74) is -0.300. The average molecular weight is 247 g/mol. The van der Waals surface area contributed by atoms with Crippen LogP contribution in [0.2, 0.25) is 0 Å². The standard InChI is InChI=1S/C10H17NO4S/c1-10(4-5-15-9(12)11-10)8-2-6-16(13,14)7-3-8/h8H,2-7H2,1H3,(H,11,12). The molecule has 1 amide bonds. The van der Waals surface area contributed by atoms with E-state index in [9.17, 15) is 13.2 Å². The number of alkyl carbamates (subject to hydrolysis) is 1. The fourth-order valence-corrected chi connectivity index (χ4v) is 4.01. The van der Waals surface area contributed by atoms with Gasteiger partial charge in [-0.25, -0.2) is 13.2 Å². The molecule has 0 saturated carbocycles. The van der Waals surface area contributed by atoms with E-state index in [1.165, 1.54) is 0 Å². The molecule has 1 atom stereocenters. The van der Waals surface area contributed by atoms with Crippen molar-refractivity contribution in [1.82, 2.24) is 5.32 Å². The molecule has 0 spiro atoms. The number of carbonyl (C=O) groups excluding carboxylic acids is 1. The molecule has 2 fully saturated rings. The molecule has 0 bridgehead atoms. The topological polar surface area (TPSA) is 72.5 Å². The van der Waals surface area contributed by atoms with E-state index in [-0.39, 0.29) is 29.1 Å². The number of rotatable bonds is 1. The lowest BCUT2D eigenvalue weighted by Gasteiger charge is -2.42. The van der Waals surface area contributed by atoms with E-state index < -0.39 is 9.84 Å². The van der Waals surface area contributed by atoms with Crippen LogP contribution in [0.1, 0.15) is 26.2 Å². The maximum atomic E-state index is 11.3. The third-order valence-electron chi connectivity index (χ3n) is 3.70. The predicted octanol–water partition coefficient (Wildman–Crippen LogP) is 0.700. The third-order valence-corrected chi connectivity index (χ3v) is 5.41. The second-order valence-electron chi connectivity index (χ2n) is 4.85. The van der Waals surface area contributed by atoms with Crippen LogP contribution in [0.5, 0.6) is 0 Å². The van der Waals surface area contributed by atoms with Gasteiger partial charge in [0.1, 0.15) is 9.84 Å². The molecule has 0 aromatic rings. The van der Waals surface area contributed by atoms with Gasteiger partial charge in [-0.2, -0.15) is 0 Å². The first-order valence-corrected chi connectivity index (χ1v) is 7.39. The maximum absolute atomic E-state index is 11.3. The van der Waals surface area contributed by atoms with Gasteiger partial charge < -0.3 is 10.1 Å². The number of sulfone groups is 1. The summed E-state index contributed by atoms with van der Waals surface area (Å²) in [4.78, 5) is 11.2. The Morgan fingerprint density at radius 1 is 1.38 bits per heavy atom. The molecule has 2 heterocycles. The Kier molecular flexibility index (Phi) is 2.86. The van der Waals surface area contributed by atoms with E-state index in [0.29, 0.717) is 19.4 Å². The van der Waals surface area contributed by atoms with E-state index in [1.807, 2.05) is 6.92 Å². The molecule has 0 aromatic heterocycles. The number of nitrogens with one attached hydrogen (secondary N) is 1. The van der Waals surface area contributed by atoms with Crippen LogP contribution in [0.25, 0.3) is 0 Å². The van der Waals surface area contributed by atoms with Gasteiger partial charge in [-0.15, -0.1) is 0 Å². The van der Waals surface area contributed by atoms with Crippen LogP contribution in [-0.2, 0) is 14.6 Å². The summed E-state index contributed by atoms with van der Waals surface area (Å²) in [6.45, 7) is 2.40. The van der Waals surface area contributed by atoms with E-state index in [0.717, 1.165) is 6.42 Å². The molecule has 92 valence electrons. The van der Waals surface area contributed by atoms with Crippen molar-refractivity contribution in [1.29, 1.82) is 0 Å². The second kappa shape index (κ2) is 3.91. The second-order valence-corrected chi connectivity index (χ2v) is 7.16. The minimum atomic E-state index is -2.84. The molecular formula is C10H17NO4S. The zero-order valence-corrected chi connectivity index (χ0v) is 10.2. The third kappa shape index (κ3) is 2.31. The largest absolute Gasteiger partial charge is 0.449 e. The van der Waals surface area contributed by atoms with Crippen LogP contribution in [0.3, 0.4) is 0 Å². The zero-order valence-electron chi connectivity index (χ0n) is 9.36. The Hall–Kier alpha value is -0.780. The summed E-state index contributed by atoms with van der Waals surface area (Å²) in [5.74, 6) is 0.720. The molecular weight excluding hydrogens is 230 g/mol. The van der Waals surface area contributed by atoms with Crippen molar-refractivity contribution >= 4 is 15.9 Å². The summed E-state index contributed by atoms with van der Waals surface area (Å²) in [6, 6.07) is 0. The number of carbonyl (C=O) groups is 1. The Labute approximate surface area is 95.5 Å². The van der Waals surface area contributed by atoms with Gasteiger partial charge in [0, 0.05) is 12.0 Å². The molecule has 2 aliphatic heterocycles. The average Bonchev–Trinajstić information content (AvgIpc) is 2.16. The predicted molar refractivity (Wildman–Crippen MR) is 58.9 cm³/mol. The van der Waals surface area contributed by atoms with E-state index in [2.05, 4.69) is 5.32 Å². The lowest BCUT2D eigenvalue weighted by Crippen LogP contribution is -2.57.